The molecule has 0 aromatic heterocycles. The van der Waals surface area contributed by atoms with Crippen molar-refractivity contribution in [2.45, 2.75) is 111 Å². The van der Waals surface area contributed by atoms with Gasteiger partial charge in [-0.15, -0.1) is 0 Å². The highest BCUT2D eigenvalue weighted by molar-refractivity contribution is 5.72. The van der Waals surface area contributed by atoms with Crippen LogP contribution in [0.3, 0.4) is 0 Å². The predicted molar refractivity (Wildman–Crippen MR) is 97.8 cm³/mol. The summed E-state index contributed by atoms with van der Waals surface area (Å²) in [6.07, 6.45) is 10.6. The van der Waals surface area contributed by atoms with Crippen molar-refractivity contribution in [3.8, 4) is 0 Å². The topological polar surface area (TPSA) is 52.6 Å². The average molecular weight is 343 g/mol. The summed E-state index contributed by atoms with van der Waals surface area (Å²) in [7, 11) is 0. The first kappa shape index (κ1) is 22.9. The summed E-state index contributed by atoms with van der Waals surface area (Å²) in [4.78, 5) is 23.0. The molecule has 0 aliphatic rings. The van der Waals surface area contributed by atoms with Crippen LogP contribution in [0.15, 0.2) is 0 Å². The van der Waals surface area contributed by atoms with E-state index >= 15 is 0 Å². The van der Waals surface area contributed by atoms with Crippen molar-refractivity contribution < 1.29 is 19.1 Å². The molecule has 24 heavy (non-hydrogen) atoms. The Hall–Kier alpha value is -1.06. The fourth-order valence-corrected chi connectivity index (χ4v) is 2.57. The van der Waals surface area contributed by atoms with E-state index in [0.717, 1.165) is 25.7 Å². The zero-order chi connectivity index (χ0) is 18.4. The maximum absolute atomic E-state index is 11.7. The van der Waals surface area contributed by atoms with Crippen LogP contribution in [0.4, 0.5) is 0 Å². The van der Waals surface area contributed by atoms with Gasteiger partial charge in [-0.1, -0.05) is 51.9 Å². The lowest BCUT2D eigenvalue weighted by molar-refractivity contribution is -0.152. The Kier molecular flexibility index (Phi) is 13.7. The summed E-state index contributed by atoms with van der Waals surface area (Å²) in [5.41, 5.74) is 0. The molecule has 0 rings (SSSR count). The van der Waals surface area contributed by atoms with E-state index in [9.17, 15) is 9.59 Å². The summed E-state index contributed by atoms with van der Waals surface area (Å²) in [5.74, 6) is -0.130. The van der Waals surface area contributed by atoms with Crippen molar-refractivity contribution in [2.24, 2.45) is 5.92 Å². The lowest BCUT2D eigenvalue weighted by Gasteiger charge is -2.13. The third-order valence-electron chi connectivity index (χ3n) is 3.89. The molecular formula is C20H38O4. The van der Waals surface area contributed by atoms with Crippen LogP contribution >= 0.6 is 0 Å². The maximum atomic E-state index is 11.7. The van der Waals surface area contributed by atoms with Crippen LogP contribution in [0.25, 0.3) is 0 Å². The van der Waals surface area contributed by atoms with Gasteiger partial charge in [0.1, 0.15) is 0 Å². The van der Waals surface area contributed by atoms with E-state index in [4.69, 9.17) is 9.47 Å². The highest BCUT2D eigenvalue weighted by Gasteiger charge is 2.14. The van der Waals surface area contributed by atoms with Crippen LogP contribution < -0.4 is 0 Å². The molecule has 1 unspecified atom stereocenters. The molecule has 0 saturated carbocycles. The number of rotatable bonds is 14. The highest BCUT2D eigenvalue weighted by atomic mass is 16.5. The molecule has 4 heteroatoms. The first-order chi connectivity index (χ1) is 11.3. The predicted octanol–water partition coefficient (Wildman–Crippen LogP) is 5.43. The van der Waals surface area contributed by atoms with Gasteiger partial charge in [0.2, 0.25) is 0 Å². The van der Waals surface area contributed by atoms with Crippen LogP contribution in [-0.4, -0.2) is 24.1 Å². The lowest BCUT2D eigenvalue weighted by Crippen LogP contribution is -2.18. The van der Waals surface area contributed by atoms with Crippen molar-refractivity contribution in [1.82, 2.24) is 0 Å². The van der Waals surface area contributed by atoms with Crippen LogP contribution in [-0.2, 0) is 19.1 Å². The summed E-state index contributed by atoms with van der Waals surface area (Å²) in [6, 6.07) is 0. The summed E-state index contributed by atoms with van der Waals surface area (Å²) in [5, 5.41) is 0. The monoisotopic (exact) mass is 342 g/mol. The smallest absolute Gasteiger partial charge is 0.308 e. The van der Waals surface area contributed by atoms with E-state index in [1.165, 1.54) is 32.1 Å². The van der Waals surface area contributed by atoms with Crippen molar-refractivity contribution in [3.05, 3.63) is 0 Å². The largest absolute Gasteiger partial charge is 0.463 e. The second kappa shape index (κ2) is 14.3. The number of carbonyl (C=O) groups excluding carboxylic acids is 2. The number of ether oxygens (including phenoxy) is 2. The SMILES string of the molecule is CC(C)OC(=O)CCCCCCCCCCC(C)C(=O)OC(C)C. The Bertz CT molecular complexity index is 337. The molecular weight excluding hydrogens is 304 g/mol. The second-order valence-corrected chi connectivity index (χ2v) is 7.29. The van der Waals surface area contributed by atoms with E-state index in [2.05, 4.69) is 0 Å². The number of hydrogen-bond acceptors (Lipinski definition) is 4. The average Bonchev–Trinajstić information content (AvgIpc) is 2.47. The lowest BCUT2D eigenvalue weighted by atomic mass is 10.0. The van der Waals surface area contributed by atoms with Crippen LogP contribution in [0.2, 0.25) is 0 Å². The Morgan fingerprint density at radius 3 is 1.62 bits per heavy atom. The van der Waals surface area contributed by atoms with Gasteiger partial charge < -0.3 is 9.47 Å². The number of hydrogen-bond donors (Lipinski definition) is 0. The zero-order valence-corrected chi connectivity index (χ0v) is 16.4. The van der Waals surface area contributed by atoms with E-state index in [-0.39, 0.29) is 30.1 Å². The van der Waals surface area contributed by atoms with Gasteiger partial charge in [-0.25, -0.2) is 0 Å². The van der Waals surface area contributed by atoms with Gasteiger partial charge in [0.25, 0.3) is 0 Å². The van der Waals surface area contributed by atoms with Crippen molar-refractivity contribution >= 4 is 11.9 Å². The molecule has 0 amide bonds. The first-order valence-corrected chi connectivity index (χ1v) is 9.73. The molecule has 0 saturated heterocycles. The van der Waals surface area contributed by atoms with Crippen molar-refractivity contribution in [1.29, 1.82) is 0 Å². The van der Waals surface area contributed by atoms with Gasteiger partial charge in [-0.3, -0.25) is 9.59 Å². The number of unbranched alkanes of at least 4 members (excludes halogenated alkanes) is 7. The Labute approximate surface area is 148 Å². The summed E-state index contributed by atoms with van der Waals surface area (Å²) < 4.78 is 10.3. The number of carbonyl (C=O) groups is 2. The molecule has 0 aromatic carbocycles. The molecule has 0 bridgehead atoms. The molecule has 0 aromatic rings. The maximum Gasteiger partial charge on any atom is 0.308 e. The minimum atomic E-state index is -0.0740. The Morgan fingerprint density at radius 2 is 1.12 bits per heavy atom. The fraction of sp³-hybridized carbons (Fsp3) is 0.900. The van der Waals surface area contributed by atoms with Crippen molar-refractivity contribution in [3.63, 3.8) is 0 Å². The molecule has 0 radical (unpaired) electrons. The standard InChI is InChI=1S/C20H38O4/c1-16(2)23-19(21)15-13-11-9-7-6-8-10-12-14-18(5)20(22)24-17(3)4/h16-18H,6-15H2,1-5H3. The third-order valence-corrected chi connectivity index (χ3v) is 3.89. The normalized spacial score (nSPS) is 12.5. The minimum absolute atomic E-state index is 0.00699. The molecule has 0 spiro atoms. The van der Waals surface area contributed by atoms with Crippen LogP contribution in [0.1, 0.15) is 98.8 Å². The molecule has 1 atom stereocenters. The quantitative estimate of drug-likeness (QED) is 0.312. The van der Waals surface area contributed by atoms with Gasteiger partial charge in [-0.2, -0.15) is 0 Å². The molecule has 0 aliphatic heterocycles. The van der Waals surface area contributed by atoms with E-state index in [1.807, 2.05) is 34.6 Å². The van der Waals surface area contributed by atoms with Gasteiger partial charge in [0, 0.05) is 6.42 Å². The molecule has 4 nitrogen and oxygen atoms in total. The molecule has 0 heterocycles. The number of esters is 2. The fourth-order valence-electron chi connectivity index (χ4n) is 2.57. The second-order valence-electron chi connectivity index (χ2n) is 7.29. The van der Waals surface area contributed by atoms with Gasteiger partial charge in [-0.05, 0) is 40.5 Å². The van der Waals surface area contributed by atoms with Gasteiger partial charge in [0.05, 0.1) is 18.1 Å². The Balaban J connectivity index is 3.37. The van der Waals surface area contributed by atoms with Gasteiger partial charge >= 0.3 is 11.9 Å². The highest BCUT2D eigenvalue weighted by Crippen LogP contribution is 2.15. The van der Waals surface area contributed by atoms with Gasteiger partial charge in [0.15, 0.2) is 0 Å². The van der Waals surface area contributed by atoms with E-state index < -0.39 is 0 Å². The minimum Gasteiger partial charge on any atom is -0.463 e. The third kappa shape index (κ3) is 14.5. The summed E-state index contributed by atoms with van der Waals surface area (Å²) in [6.45, 7) is 9.49. The Morgan fingerprint density at radius 1 is 0.667 bits per heavy atom. The first-order valence-electron chi connectivity index (χ1n) is 9.73. The molecule has 0 N–H and O–H groups in total. The zero-order valence-electron chi connectivity index (χ0n) is 16.4. The van der Waals surface area contributed by atoms with Crippen LogP contribution in [0, 0.1) is 5.92 Å². The van der Waals surface area contributed by atoms with E-state index in [1.54, 1.807) is 0 Å². The van der Waals surface area contributed by atoms with Crippen molar-refractivity contribution in [2.75, 3.05) is 0 Å². The van der Waals surface area contributed by atoms with Crippen LogP contribution in [0.5, 0.6) is 0 Å². The molecule has 142 valence electrons. The molecule has 0 aliphatic carbocycles. The molecule has 0 fully saturated rings. The summed E-state index contributed by atoms with van der Waals surface area (Å²) >= 11 is 0. The van der Waals surface area contributed by atoms with E-state index in [0.29, 0.717) is 6.42 Å².